The van der Waals surface area contributed by atoms with Crippen molar-refractivity contribution in [1.29, 1.82) is 0 Å². The van der Waals surface area contributed by atoms with Crippen molar-refractivity contribution in [2.24, 2.45) is 0 Å². The Morgan fingerprint density at radius 2 is 1.63 bits per heavy atom. The summed E-state index contributed by atoms with van der Waals surface area (Å²) in [4.78, 5) is 33.0. The van der Waals surface area contributed by atoms with Gasteiger partial charge in [0.2, 0.25) is 0 Å². The Kier molecular flexibility index (Phi) is 5.36. The van der Waals surface area contributed by atoms with Gasteiger partial charge in [-0.2, -0.15) is 0 Å². The quantitative estimate of drug-likeness (QED) is 0.643. The minimum Gasteiger partial charge on any atom is -0.382 e. The molecular formula is C19H16FN5O2. The van der Waals surface area contributed by atoms with Gasteiger partial charge in [-0.05, 0) is 29.8 Å². The molecule has 8 heteroatoms. The Morgan fingerprint density at radius 1 is 0.963 bits per heavy atom. The van der Waals surface area contributed by atoms with Gasteiger partial charge in [-0.25, -0.2) is 14.4 Å². The molecule has 2 amide bonds. The first kappa shape index (κ1) is 18.0. The average Bonchev–Trinajstić information content (AvgIpc) is 2.68. The minimum absolute atomic E-state index is 0.0410. The van der Waals surface area contributed by atoms with Gasteiger partial charge in [0.1, 0.15) is 11.9 Å². The number of nitrogens with zero attached hydrogens (tertiary/aromatic N) is 2. The summed E-state index contributed by atoms with van der Waals surface area (Å²) in [7, 11) is 0. The summed E-state index contributed by atoms with van der Waals surface area (Å²) in [5, 5.41) is 5.27. The predicted octanol–water partition coefficient (Wildman–Crippen LogP) is 2.31. The zero-order valence-corrected chi connectivity index (χ0v) is 14.1. The summed E-state index contributed by atoms with van der Waals surface area (Å²) >= 11 is 0. The molecule has 0 saturated heterocycles. The number of hydrogen-bond donors (Lipinski definition) is 3. The maximum absolute atomic E-state index is 13.1. The molecule has 4 N–H and O–H groups in total. The van der Waals surface area contributed by atoms with E-state index in [0.717, 1.165) is 0 Å². The van der Waals surface area contributed by atoms with Crippen LogP contribution in [0, 0.1) is 5.82 Å². The van der Waals surface area contributed by atoms with Crippen LogP contribution in [0.3, 0.4) is 0 Å². The summed E-state index contributed by atoms with van der Waals surface area (Å²) in [6.45, 7) is 0. The van der Waals surface area contributed by atoms with E-state index in [2.05, 4.69) is 20.6 Å². The number of halogens is 1. The van der Waals surface area contributed by atoms with E-state index >= 15 is 0 Å². The first-order valence-corrected chi connectivity index (χ1v) is 8.03. The van der Waals surface area contributed by atoms with Crippen LogP contribution >= 0.6 is 0 Å². The standard InChI is InChI=1S/C19H16FN5O2/c20-13-6-8-14(9-7-13)24-18(26)15(12-4-2-1-3-5-12)25-19(27)16-17(21)23-11-10-22-16/h1-11,15H,(H2,21,23)(H,24,26)(H,25,27)/t15-/m1/s1. The van der Waals surface area contributed by atoms with Crippen LogP contribution in [0.15, 0.2) is 67.0 Å². The molecule has 7 nitrogen and oxygen atoms in total. The Morgan fingerprint density at radius 3 is 2.30 bits per heavy atom. The molecule has 0 unspecified atom stereocenters. The van der Waals surface area contributed by atoms with Crippen LogP contribution in [-0.2, 0) is 4.79 Å². The fourth-order valence-corrected chi connectivity index (χ4v) is 2.42. The summed E-state index contributed by atoms with van der Waals surface area (Å²) in [5.41, 5.74) is 6.56. The van der Waals surface area contributed by atoms with Crippen LogP contribution in [-0.4, -0.2) is 21.8 Å². The predicted molar refractivity (Wildman–Crippen MR) is 98.1 cm³/mol. The fourth-order valence-electron chi connectivity index (χ4n) is 2.42. The van der Waals surface area contributed by atoms with Crippen LogP contribution < -0.4 is 16.4 Å². The van der Waals surface area contributed by atoms with Crippen molar-refractivity contribution in [2.45, 2.75) is 6.04 Å². The number of aromatic nitrogens is 2. The van der Waals surface area contributed by atoms with Gasteiger partial charge < -0.3 is 16.4 Å². The van der Waals surface area contributed by atoms with Crippen LogP contribution in [0.1, 0.15) is 22.1 Å². The molecule has 0 saturated carbocycles. The SMILES string of the molecule is Nc1nccnc1C(=O)N[C@@H](C(=O)Nc1ccc(F)cc1)c1ccccc1. The lowest BCUT2D eigenvalue weighted by Gasteiger charge is -2.19. The highest BCUT2D eigenvalue weighted by Gasteiger charge is 2.25. The van der Waals surface area contributed by atoms with E-state index in [0.29, 0.717) is 11.3 Å². The molecular weight excluding hydrogens is 349 g/mol. The normalized spacial score (nSPS) is 11.4. The number of benzene rings is 2. The number of nitrogens with one attached hydrogen (secondary N) is 2. The average molecular weight is 365 g/mol. The Balaban J connectivity index is 1.85. The molecule has 1 heterocycles. The van der Waals surface area contributed by atoms with Gasteiger partial charge in [0.25, 0.3) is 11.8 Å². The van der Waals surface area contributed by atoms with Gasteiger partial charge in [0.05, 0.1) is 0 Å². The number of amides is 2. The van der Waals surface area contributed by atoms with Crippen LogP contribution in [0.2, 0.25) is 0 Å². The first-order chi connectivity index (χ1) is 13.0. The lowest BCUT2D eigenvalue weighted by molar-refractivity contribution is -0.118. The third-order valence-electron chi connectivity index (χ3n) is 3.72. The Hall–Kier alpha value is -3.81. The van der Waals surface area contributed by atoms with E-state index < -0.39 is 23.7 Å². The number of nitrogens with two attached hydrogens (primary N) is 1. The van der Waals surface area contributed by atoms with Crippen LogP contribution in [0.25, 0.3) is 0 Å². The summed E-state index contributed by atoms with van der Waals surface area (Å²) in [6, 6.07) is 13.0. The van der Waals surface area contributed by atoms with E-state index in [1.807, 2.05) is 0 Å². The van der Waals surface area contributed by atoms with Crippen LogP contribution in [0.4, 0.5) is 15.9 Å². The molecule has 1 aromatic heterocycles. The van der Waals surface area contributed by atoms with Gasteiger partial charge in [0.15, 0.2) is 11.5 Å². The lowest BCUT2D eigenvalue weighted by Crippen LogP contribution is -2.37. The van der Waals surface area contributed by atoms with Gasteiger partial charge in [-0.15, -0.1) is 0 Å². The molecule has 0 radical (unpaired) electrons. The zero-order valence-electron chi connectivity index (χ0n) is 14.1. The summed E-state index contributed by atoms with van der Waals surface area (Å²) < 4.78 is 13.1. The second kappa shape index (κ2) is 8.05. The number of nitrogen functional groups attached to an aromatic ring is 1. The van der Waals surface area contributed by atoms with Gasteiger partial charge in [0, 0.05) is 18.1 Å². The molecule has 3 rings (SSSR count). The van der Waals surface area contributed by atoms with E-state index in [1.54, 1.807) is 30.3 Å². The van der Waals surface area contributed by atoms with Gasteiger partial charge in [-0.3, -0.25) is 9.59 Å². The van der Waals surface area contributed by atoms with Gasteiger partial charge in [-0.1, -0.05) is 30.3 Å². The maximum Gasteiger partial charge on any atom is 0.274 e. The van der Waals surface area contributed by atoms with E-state index in [9.17, 15) is 14.0 Å². The summed E-state index contributed by atoms with van der Waals surface area (Å²) in [5.74, 6) is -1.59. The number of anilines is 2. The van der Waals surface area contributed by atoms with Crippen molar-refractivity contribution < 1.29 is 14.0 Å². The minimum atomic E-state index is -1.01. The molecule has 1 atom stereocenters. The monoisotopic (exact) mass is 365 g/mol. The highest BCUT2D eigenvalue weighted by Crippen LogP contribution is 2.18. The molecule has 0 aliphatic heterocycles. The molecule has 2 aromatic carbocycles. The second-order valence-electron chi connectivity index (χ2n) is 5.60. The zero-order chi connectivity index (χ0) is 19.2. The van der Waals surface area contributed by atoms with Crippen molar-refractivity contribution >= 4 is 23.3 Å². The highest BCUT2D eigenvalue weighted by molar-refractivity contribution is 6.02. The van der Waals surface area contributed by atoms with E-state index in [-0.39, 0.29) is 11.5 Å². The van der Waals surface area contributed by atoms with Crippen LogP contribution in [0.5, 0.6) is 0 Å². The molecule has 0 aliphatic carbocycles. The first-order valence-electron chi connectivity index (χ1n) is 8.03. The summed E-state index contributed by atoms with van der Waals surface area (Å²) in [6.07, 6.45) is 2.70. The fraction of sp³-hybridized carbons (Fsp3) is 0.0526. The molecule has 0 aliphatic rings. The largest absolute Gasteiger partial charge is 0.382 e. The smallest absolute Gasteiger partial charge is 0.274 e. The molecule has 136 valence electrons. The van der Waals surface area contributed by atoms with Crippen molar-refractivity contribution in [1.82, 2.24) is 15.3 Å². The molecule has 3 aromatic rings. The topological polar surface area (TPSA) is 110 Å². The third kappa shape index (κ3) is 4.43. The number of hydrogen-bond acceptors (Lipinski definition) is 5. The lowest BCUT2D eigenvalue weighted by atomic mass is 10.1. The van der Waals surface area contributed by atoms with Crippen molar-refractivity contribution in [3.8, 4) is 0 Å². The third-order valence-corrected chi connectivity index (χ3v) is 3.72. The van der Waals surface area contributed by atoms with E-state index in [1.165, 1.54) is 36.7 Å². The number of carbonyl (C=O) groups excluding carboxylic acids is 2. The number of carbonyl (C=O) groups is 2. The van der Waals surface area contributed by atoms with Crippen molar-refractivity contribution in [3.05, 3.63) is 84.1 Å². The van der Waals surface area contributed by atoms with Gasteiger partial charge >= 0.3 is 0 Å². The maximum atomic E-state index is 13.1. The number of rotatable bonds is 5. The highest BCUT2D eigenvalue weighted by atomic mass is 19.1. The molecule has 0 bridgehead atoms. The van der Waals surface area contributed by atoms with Crippen molar-refractivity contribution in [3.63, 3.8) is 0 Å². The van der Waals surface area contributed by atoms with E-state index in [4.69, 9.17) is 5.73 Å². The molecule has 0 fully saturated rings. The Bertz CT molecular complexity index is 948. The second-order valence-corrected chi connectivity index (χ2v) is 5.60. The van der Waals surface area contributed by atoms with Crippen molar-refractivity contribution in [2.75, 3.05) is 11.1 Å². The Labute approximate surface area is 154 Å². The molecule has 0 spiro atoms. The molecule has 27 heavy (non-hydrogen) atoms.